The highest BCUT2D eigenvalue weighted by Crippen LogP contribution is 2.26. The molecular weight excluding hydrogens is 218 g/mol. The van der Waals surface area contributed by atoms with Crippen molar-refractivity contribution in [3.63, 3.8) is 0 Å². The third-order valence-corrected chi connectivity index (χ3v) is 3.77. The van der Waals surface area contributed by atoms with Gasteiger partial charge in [0, 0.05) is 12.6 Å². The van der Waals surface area contributed by atoms with E-state index in [0.717, 1.165) is 19.4 Å². The molecular formula is C17H25N. The summed E-state index contributed by atoms with van der Waals surface area (Å²) in [6.07, 6.45) is 3.44. The van der Waals surface area contributed by atoms with E-state index in [4.69, 9.17) is 0 Å². The molecule has 0 saturated carbocycles. The maximum Gasteiger partial charge on any atom is 0.0320 e. The van der Waals surface area contributed by atoms with Crippen molar-refractivity contribution in [2.24, 2.45) is 5.41 Å². The van der Waals surface area contributed by atoms with Crippen LogP contribution in [0.1, 0.15) is 44.7 Å². The largest absolute Gasteiger partial charge is 0.306 e. The molecule has 1 atom stereocenters. The molecule has 1 aromatic carbocycles. The van der Waals surface area contributed by atoms with Gasteiger partial charge >= 0.3 is 0 Å². The Kier molecular flexibility index (Phi) is 3.91. The molecule has 0 radical (unpaired) electrons. The second-order valence-corrected chi connectivity index (χ2v) is 6.63. The second-order valence-electron chi connectivity index (χ2n) is 6.63. The van der Waals surface area contributed by atoms with E-state index in [0.29, 0.717) is 11.5 Å². The minimum atomic E-state index is 0.398. The Bertz CT molecular complexity index is 425. The number of rotatable bonds is 3. The van der Waals surface area contributed by atoms with Gasteiger partial charge < -0.3 is 5.32 Å². The second kappa shape index (κ2) is 5.27. The molecule has 18 heavy (non-hydrogen) atoms. The summed E-state index contributed by atoms with van der Waals surface area (Å²) < 4.78 is 0. The summed E-state index contributed by atoms with van der Waals surface area (Å²) in [4.78, 5) is 0. The van der Waals surface area contributed by atoms with Crippen LogP contribution in [0.5, 0.6) is 0 Å². The number of hydrogen-bond donors (Lipinski definition) is 1. The monoisotopic (exact) mass is 243 g/mol. The first-order valence-corrected chi connectivity index (χ1v) is 6.93. The van der Waals surface area contributed by atoms with Gasteiger partial charge in [0.2, 0.25) is 0 Å². The minimum absolute atomic E-state index is 0.398. The average molecular weight is 243 g/mol. The van der Waals surface area contributed by atoms with Crippen molar-refractivity contribution >= 4 is 0 Å². The molecule has 0 amide bonds. The zero-order chi connectivity index (χ0) is 13.2. The molecule has 0 aromatic heterocycles. The van der Waals surface area contributed by atoms with Crippen LogP contribution in [-0.4, -0.2) is 6.04 Å². The first-order chi connectivity index (χ1) is 8.46. The van der Waals surface area contributed by atoms with E-state index < -0.39 is 0 Å². The van der Waals surface area contributed by atoms with Crippen molar-refractivity contribution in [1.82, 2.24) is 5.32 Å². The van der Waals surface area contributed by atoms with E-state index in [1.807, 2.05) is 0 Å². The first-order valence-electron chi connectivity index (χ1n) is 6.93. The van der Waals surface area contributed by atoms with Crippen molar-refractivity contribution in [2.45, 2.75) is 52.6 Å². The molecule has 1 heterocycles. The lowest BCUT2D eigenvalue weighted by Crippen LogP contribution is -2.36. The Hall–Kier alpha value is -1.08. The van der Waals surface area contributed by atoms with E-state index in [1.165, 1.54) is 23.1 Å². The molecule has 98 valence electrons. The van der Waals surface area contributed by atoms with E-state index in [2.05, 4.69) is 56.9 Å². The van der Waals surface area contributed by atoms with Crippen LogP contribution in [0.4, 0.5) is 0 Å². The Balaban J connectivity index is 1.95. The molecule has 0 unspecified atom stereocenters. The van der Waals surface area contributed by atoms with Crippen LogP contribution in [0.2, 0.25) is 0 Å². The van der Waals surface area contributed by atoms with Gasteiger partial charge in [-0.05, 0) is 35.8 Å². The highest BCUT2D eigenvalue weighted by Gasteiger charge is 2.20. The van der Waals surface area contributed by atoms with Crippen LogP contribution in [0.15, 0.2) is 36.4 Å². The van der Waals surface area contributed by atoms with Crippen LogP contribution < -0.4 is 5.32 Å². The lowest BCUT2D eigenvalue weighted by Gasteiger charge is -2.29. The van der Waals surface area contributed by atoms with Crippen molar-refractivity contribution in [1.29, 1.82) is 0 Å². The van der Waals surface area contributed by atoms with Gasteiger partial charge in [-0.1, -0.05) is 57.2 Å². The fourth-order valence-electron chi connectivity index (χ4n) is 2.45. The first kappa shape index (κ1) is 13.4. The van der Waals surface area contributed by atoms with Crippen molar-refractivity contribution in [2.75, 3.05) is 0 Å². The predicted molar refractivity (Wildman–Crippen MR) is 78.6 cm³/mol. The van der Waals surface area contributed by atoms with Gasteiger partial charge in [0.1, 0.15) is 0 Å². The summed E-state index contributed by atoms with van der Waals surface area (Å²) >= 11 is 0. The highest BCUT2D eigenvalue weighted by atomic mass is 14.9. The number of benzene rings is 1. The highest BCUT2D eigenvalue weighted by molar-refractivity contribution is 5.32. The lowest BCUT2D eigenvalue weighted by molar-refractivity contribution is 0.369. The molecule has 0 fully saturated rings. The predicted octanol–water partition coefficient (Wildman–Crippen LogP) is 4.08. The fourth-order valence-corrected chi connectivity index (χ4v) is 2.45. The zero-order valence-corrected chi connectivity index (χ0v) is 11.9. The number of fused-ring (bicyclic) bond motifs is 1. The van der Waals surface area contributed by atoms with Gasteiger partial charge in [-0.3, -0.25) is 0 Å². The van der Waals surface area contributed by atoms with Gasteiger partial charge in [-0.25, -0.2) is 0 Å². The summed E-state index contributed by atoms with van der Waals surface area (Å²) in [5.41, 5.74) is 4.69. The van der Waals surface area contributed by atoms with Crippen LogP contribution in [0.3, 0.4) is 0 Å². The summed E-state index contributed by atoms with van der Waals surface area (Å²) in [6.45, 7) is 12.2. The normalized spacial score (nSPS) is 19.4. The third-order valence-electron chi connectivity index (χ3n) is 3.77. The lowest BCUT2D eigenvalue weighted by atomic mass is 9.85. The van der Waals surface area contributed by atoms with E-state index in [-0.39, 0.29) is 0 Å². The Morgan fingerprint density at radius 1 is 1.28 bits per heavy atom. The number of nitrogens with one attached hydrogen (secondary N) is 1. The summed E-state index contributed by atoms with van der Waals surface area (Å²) in [6, 6.07) is 9.19. The zero-order valence-electron chi connectivity index (χ0n) is 11.9. The molecule has 1 nitrogen and oxygen atoms in total. The smallest absolute Gasteiger partial charge is 0.0320 e. The van der Waals surface area contributed by atoms with Gasteiger partial charge in [0.15, 0.2) is 0 Å². The Morgan fingerprint density at radius 2 is 1.94 bits per heavy atom. The van der Waals surface area contributed by atoms with Gasteiger partial charge in [0.25, 0.3) is 0 Å². The molecule has 1 aliphatic rings. The van der Waals surface area contributed by atoms with E-state index in [1.54, 1.807) is 0 Å². The number of hydrogen-bond acceptors (Lipinski definition) is 1. The molecule has 0 spiro atoms. The molecule has 1 aliphatic heterocycles. The van der Waals surface area contributed by atoms with Crippen molar-refractivity contribution < 1.29 is 0 Å². The summed E-state index contributed by atoms with van der Waals surface area (Å²) in [5.74, 6) is 0. The van der Waals surface area contributed by atoms with Gasteiger partial charge in [-0.15, -0.1) is 0 Å². The molecule has 0 bridgehead atoms. The molecule has 1 N–H and O–H groups in total. The molecule has 1 aromatic rings. The molecule has 0 saturated heterocycles. The minimum Gasteiger partial charge on any atom is -0.306 e. The van der Waals surface area contributed by atoms with Crippen molar-refractivity contribution in [3.05, 3.63) is 47.5 Å². The topological polar surface area (TPSA) is 12.0 Å². The van der Waals surface area contributed by atoms with Gasteiger partial charge in [-0.2, -0.15) is 0 Å². The third kappa shape index (κ3) is 3.46. The Morgan fingerprint density at radius 3 is 2.61 bits per heavy atom. The van der Waals surface area contributed by atoms with Gasteiger partial charge in [0.05, 0.1) is 0 Å². The van der Waals surface area contributed by atoms with Crippen molar-refractivity contribution in [3.8, 4) is 0 Å². The van der Waals surface area contributed by atoms with Crippen LogP contribution >= 0.6 is 0 Å². The molecule has 2 rings (SSSR count). The standard InChI is InChI=1S/C17H25N/c1-13(9-10-17(2,3)4)16-11-14-7-5-6-8-15(14)12-18-16/h5-8,16,18H,1,9-12H2,2-4H3/t16-/m0/s1. The maximum atomic E-state index is 4.29. The van der Waals surface area contributed by atoms with Crippen LogP contribution in [-0.2, 0) is 13.0 Å². The van der Waals surface area contributed by atoms with E-state index in [9.17, 15) is 0 Å². The van der Waals surface area contributed by atoms with E-state index >= 15 is 0 Å². The maximum absolute atomic E-state index is 4.29. The molecule has 1 heteroatoms. The average Bonchev–Trinajstić information content (AvgIpc) is 2.34. The molecule has 0 aliphatic carbocycles. The quantitative estimate of drug-likeness (QED) is 0.789. The fraction of sp³-hybridized carbons (Fsp3) is 0.529. The summed E-state index contributed by atoms with van der Waals surface area (Å²) in [7, 11) is 0. The van der Waals surface area contributed by atoms with Crippen LogP contribution in [0, 0.1) is 5.41 Å². The SMILES string of the molecule is C=C(CCC(C)(C)C)[C@@H]1Cc2ccccc2CN1. The summed E-state index contributed by atoms with van der Waals surface area (Å²) in [5, 5.41) is 3.61. The van der Waals surface area contributed by atoms with Crippen LogP contribution in [0.25, 0.3) is 0 Å². The Labute approximate surface area is 111 Å².